The molecule has 134 valence electrons. The van der Waals surface area contributed by atoms with Gasteiger partial charge in [-0.1, -0.05) is 18.2 Å². The van der Waals surface area contributed by atoms with Crippen molar-refractivity contribution >= 4 is 5.91 Å². The van der Waals surface area contributed by atoms with Crippen LogP contribution >= 0.6 is 0 Å². The van der Waals surface area contributed by atoms with Crippen LogP contribution in [0.1, 0.15) is 28.2 Å². The molecule has 0 radical (unpaired) electrons. The van der Waals surface area contributed by atoms with Crippen LogP contribution in [0.25, 0.3) is 5.69 Å². The second kappa shape index (κ2) is 7.09. The molecule has 8 heteroatoms. The zero-order chi connectivity index (χ0) is 17.9. The molecule has 8 nitrogen and oxygen atoms in total. The van der Waals surface area contributed by atoms with Crippen molar-refractivity contribution in [1.82, 2.24) is 34.8 Å². The highest BCUT2D eigenvalue weighted by Gasteiger charge is 2.18. The minimum absolute atomic E-state index is 0.165. The fraction of sp³-hybridized carbons (Fsp3) is 0.333. The van der Waals surface area contributed by atoms with E-state index in [4.69, 9.17) is 0 Å². The topological polar surface area (TPSA) is 80.9 Å². The molecule has 26 heavy (non-hydrogen) atoms. The first-order valence-corrected chi connectivity index (χ1v) is 8.67. The number of nitrogens with zero attached hydrogens (tertiary/aromatic N) is 6. The average Bonchev–Trinajstić information content (AvgIpc) is 3.28. The Kier molecular flexibility index (Phi) is 4.49. The van der Waals surface area contributed by atoms with Gasteiger partial charge in [0.05, 0.1) is 11.4 Å². The third-order valence-corrected chi connectivity index (χ3v) is 4.53. The summed E-state index contributed by atoms with van der Waals surface area (Å²) in [6, 6.07) is 9.68. The highest BCUT2D eigenvalue weighted by Crippen LogP contribution is 2.14. The number of fused-ring (bicyclic) bond motifs is 1. The Hall–Kier alpha value is -3.00. The van der Waals surface area contributed by atoms with Crippen molar-refractivity contribution in [3.05, 3.63) is 59.9 Å². The molecular weight excluding hydrogens is 330 g/mol. The van der Waals surface area contributed by atoms with Crippen LogP contribution in [0.4, 0.5) is 0 Å². The van der Waals surface area contributed by atoms with Crippen LogP contribution in [0.15, 0.2) is 43.0 Å². The molecule has 0 saturated heterocycles. The number of nitrogens with one attached hydrogen (secondary N) is 1. The maximum Gasteiger partial charge on any atom is 0.272 e. The van der Waals surface area contributed by atoms with Crippen LogP contribution in [0.2, 0.25) is 0 Å². The second-order valence-electron chi connectivity index (χ2n) is 6.49. The summed E-state index contributed by atoms with van der Waals surface area (Å²) in [5.74, 6) is -0.165. The molecule has 1 N–H and O–H groups in total. The number of carbonyl (C=O) groups excluding carboxylic acids is 1. The number of aryl methyl sites for hydroxylation is 1. The van der Waals surface area contributed by atoms with E-state index in [0.717, 1.165) is 43.0 Å². The maximum atomic E-state index is 12.6. The normalized spacial score (nSPS) is 14.7. The summed E-state index contributed by atoms with van der Waals surface area (Å²) < 4.78 is 3.64. The van der Waals surface area contributed by atoms with Gasteiger partial charge in [-0.15, -0.1) is 0 Å². The number of amides is 1. The number of carbonyl (C=O) groups is 1. The number of aromatic nitrogens is 5. The fourth-order valence-corrected chi connectivity index (χ4v) is 3.22. The molecule has 2 aromatic heterocycles. The van der Waals surface area contributed by atoms with Crippen LogP contribution in [-0.4, -0.2) is 48.9 Å². The van der Waals surface area contributed by atoms with Crippen molar-refractivity contribution in [3.63, 3.8) is 0 Å². The quantitative estimate of drug-likeness (QED) is 0.765. The summed E-state index contributed by atoms with van der Waals surface area (Å²) in [5.41, 5.74) is 3.41. The van der Waals surface area contributed by atoms with Gasteiger partial charge in [-0.2, -0.15) is 10.2 Å². The molecule has 4 rings (SSSR count). The minimum atomic E-state index is -0.165. The van der Waals surface area contributed by atoms with Gasteiger partial charge in [0.15, 0.2) is 5.69 Å². The van der Waals surface area contributed by atoms with Gasteiger partial charge in [0.1, 0.15) is 12.7 Å². The Labute approximate surface area is 151 Å². The zero-order valence-electron chi connectivity index (χ0n) is 14.7. The lowest BCUT2D eigenvalue weighted by molar-refractivity contribution is 0.0945. The Morgan fingerprint density at radius 3 is 3.00 bits per heavy atom. The molecule has 0 bridgehead atoms. The molecule has 1 aliphatic rings. The SMILES string of the molecule is CN1CCCn2nc(C(=O)NCc3ccccc3-n3cncn3)cc2C1. The molecule has 3 aromatic rings. The van der Waals surface area contributed by atoms with Crippen molar-refractivity contribution in [1.29, 1.82) is 0 Å². The average molecular weight is 351 g/mol. The maximum absolute atomic E-state index is 12.6. The van der Waals surface area contributed by atoms with Crippen LogP contribution in [0.3, 0.4) is 0 Å². The summed E-state index contributed by atoms with van der Waals surface area (Å²) in [5, 5.41) is 11.6. The van der Waals surface area contributed by atoms with Crippen LogP contribution < -0.4 is 5.32 Å². The Bertz CT molecular complexity index is 900. The third-order valence-electron chi connectivity index (χ3n) is 4.53. The van der Waals surface area contributed by atoms with E-state index in [2.05, 4.69) is 32.4 Å². The molecule has 3 heterocycles. The van der Waals surface area contributed by atoms with E-state index in [9.17, 15) is 4.79 Å². The van der Waals surface area contributed by atoms with E-state index in [1.807, 2.05) is 35.0 Å². The van der Waals surface area contributed by atoms with Crippen LogP contribution in [-0.2, 0) is 19.6 Å². The summed E-state index contributed by atoms with van der Waals surface area (Å²) in [7, 11) is 2.09. The summed E-state index contributed by atoms with van der Waals surface area (Å²) in [6.07, 6.45) is 4.17. The number of rotatable bonds is 4. The lowest BCUT2D eigenvalue weighted by Crippen LogP contribution is -2.24. The van der Waals surface area contributed by atoms with Gasteiger partial charge in [0, 0.05) is 26.2 Å². The number of hydrogen-bond acceptors (Lipinski definition) is 5. The van der Waals surface area contributed by atoms with E-state index in [-0.39, 0.29) is 5.91 Å². The van der Waals surface area contributed by atoms with Crippen molar-refractivity contribution in [2.24, 2.45) is 0 Å². The Morgan fingerprint density at radius 2 is 2.15 bits per heavy atom. The largest absolute Gasteiger partial charge is 0.346 e. The van der Waals surface area contributed by atoms with Crippen LogP contribution in [0, 0.1) is 0 Å². The fourth-order valence-electron chi connectivity index (χ4n) is 3.22. The van der Waals surface area contributed by atoms with E-state index >= 15 is 0 Å². The summed E-state index contributed by atoms with van der Waals surface area (Å²) >= 11 is 0. The molecule has 0 unspecified atom stereocenters. The monoisotopic (exact) mass is 351 g/mol. The Morgan fingerprint density at radius 1 is 1.27 bits per heavy atom. The lowest BCUT2D eigenvalue weighted by Gasteiger charge is -2.11. The van der Waals surface area contributed by atoms with Crippen molar-refractivity contribution in [2.45, 2.75) is 26.1 Å². The number of benzene rings is 1. The minimum Gasteiger partial charge on any atom is -0.346 e. The zero-order valence-corrected chi connectivity index (χ0v) is 14.7. The van der Waals surface area contributed by atoms with Gasteiger partial charge in [0.2, 0.25) is 0 Å². The molecule has 0 atom stereocenters. The highest BCUT2D eigenvalue weighted by molar-refractivity contribution is 5.92. The third kappa shape index (κ3) is 3.36. The van der Waals surface area contributed by atoms with E-state index < -0.39 is 0 Å². The van der Waals surface area contributed by atoms with Crippen molar-refractivity contribution in [3.8, 4) is 5.69 Å². The number of hydrogen-bond donors (Lipinski definition) is 1. The van der Waals surface area contributed by atoms with Crippen LogP contribution in [0.5, 0.6) is 0 Å². The van der Waals surface area contributed by atoms with E-state index in [1.54, 1.807) is 11.0 Å². The molecule has 0 fully saturated rings. The smallest absolute Gasteiger partial charge is 0.272 e. The lowest BCUT2D eigenvalue weighted by atomic mass is 10.1. The standard InChI is InChI=1S/C18H21N7O/c1-23-7-4-8-24-15(11-23)9-16(22-24)18(26)20-10-14-5-2-3-6-17(14)25-13-19-12-21-25/h2-3,5-6,9,12-13H,4,7-8,10-11H2,1H3,(H,20,26). The molecular formula is C18H21N7O. The van der Waals surface area contributed by atoms with E-state index in [0.29, 0.717) is 12.2 Å². The molecule has 1 aliphatic heterocycles. The van der Waals surface area contributed by atoms with Gasteiger partial charge in [-0.05, 0) is 31.2 Å². The van der Waals surface area contributed by atoms with Gasteiger partial charge in [-0.3, -0.25) is 9.48 Å². The summed E-state index contributed by atoms with van der Waals surface area (Å²) in [4.78, 5) is 18.8. The Balaban J connectivity index is 1.48. The predicted octanol–water partition coefficient (Wildman–Crippen LogP) is 1.23. The van der Waals surface area contributed by atoms with Gasteiger partial charge < -0.3 is 10.2 Å². The van der Waals surface area contributed by atoms with Gasteiger partial charge in [-0.25, -0.2) is 9.67 Å². The van der Waals surface area contributed by atoms with Crippen molar-refractivity contribution < 1.29 is 4.79 Å². The molecule has 0 aliphatic carbocycles. The second-order valence-corrected chi connectivity index (χ2v) is 6.49. The highest BCUT2D eigenvalue weighted by atomic mass is 16.1. The molecule has 0 spiro atoms. The van der Waals surface area contributed by atoms with Gasteiger partial charge >= 0.3 is 0 Å². The summed E-state index contributed by atoms with van der Waals surface area (Å²) in [6.45, 7) is 3.11. The van der Waals surface area contributed by atoms with E-state index in [1.165, 1.54) is 6.33 Å². The van der Waals surface area contributed by atoms with Crippen molar-refractivity contribution in [2.75, 3.05) is 13.6 Å². The first-order valence-electron chi connectivity index (χ1n) is 8.67. The number of para-hydroxylation sites is 1. The van der Waals surface area contributed by atoms with Gasteiger partial charge in [0.25, 0.3) is 5.91 Å². The molecule has 0 saturated carbocycles. The predicted molar refractivity (Wildman–Crippen MR) is 95.7 cm³/mol. The molecule has 1 aromatic carbocycles. The first kappa shape index (κ1) is 16.5. The first-order chi connectivity index (χ1) is 12.7. The molecule has 1 amide bonds.